The lowest BCUT2D eigenvalue weighted by molar-refractivity contribution is -0.141. The Kier molecular flexibility index (Phi) is 4.04. The van der Waals surface area contributed by atoms with E-state index >= 15 is 0 Å². The fourth-order valence-corrected chi connectivity index (χ4v) is 2.17. The van der Waals surface area contributed by atoms with Crippen LogP contribution in [0.4, 0.5) is 5.69 Å². The number of aryl methyl sites for hydroxylation is 1. The Morgan fingerprint density at radius 2 is 2.11 bits per heavy atom. The van der Waals surface area contributed by atoms with Gasteiger partial charge in [0.25, 0.3) is 0 Å². The highest BCUT2D eigenvalue weighted by Gasteiger charge is 2.26. The van der Waals surface area contributed by atoms with Crippen LogP contribution in [0.3, 0.4) is 0 Å². The molecule has 1 amide bonds. The van der Waals surface area contributed by atoms with Crippen molar-refractivity contribution in [1.29, 1.82) is 0 Å². The molecule has 1 atom stereocenters. The van der Waals surface area contributed by atoms with Gasteiger partial charge in [0.1, 0.15) is 0 Å². The number of carboxylic acids is 1. The molecule has 1 saturated heterocycles. The summed E-state index contributed by atoms with van der Waals surface area (Å²) in [7, 11) is 0. The Morgan fingerprint density at radius 1 is 1.42 bits per heavy atom. The van der Waals surface area contributed by atoms with Crippen molar-refractivity contribution in [1.82, 2.24) is 5.32 Å². The maximum Gasteiger partial charge on any atom is 0.310 e. The van der Waals surface area contributed by atoms with E-state index in [0.29, 0.717) is 6.54 Å². The van der Waals surface area contributed by atoms with Gasteiger partial charge in [-0.1, -0.05) is 19.1 Å². The quantitative estimate of drug-likeness (QED) is 0.848. The standard InChI is InChI=1S/C14H18N2O3/c1-2-10-3-5-12(6-4-10)16-8-11(14(18)19)7-15-13(17)9-16/h3-6,11H,2,7-9H2,1H3,(H,15,17)(H,18,19). The van der Waals surface area contributed by atoms with Crippen molar-refractivity contribution in [2.24, 2.45) is 5.92 Å². The van der Waals surface area contributed by atoms with E-state index in [0.717, 1.165) is 12.1 Å². The first-order valence-corrected chi connectivity index (χ1v) is 6.43. The summed E-state index contributed by atoms with van der Waals surface area (Å²) in [5.41, 5.74) is 2.11. The summed E-state index contributed by atoms with van der Waals surface area (Å²) in [4.78, 5) is 24.5. The highest BCUT2D eigenvalue weighted by atomic mass is 16.4. The van der Waals surface area contributed by atoms with E-state index < -0.39 is 11.9 Å². The fraction of sp³-hybridized carbons (Fsp3) is 0.429. The number of aliphatic carboxylic acids is 1. The minimum absolute atomic E-state index is 0.136. The van der Waals surface area contributed by atoms with Crippen molar-refractivity contribution in [2.45, 2.75) is 13.3 Å². The second-order valence-electron chi connectivity index (χ2n) is 4.74. The monoisotopic (exact) mass is 262 g/mol. The lowest BCUT2D eigenvalue weighted by atomic mass is 10.1. The smallest absolute Gasteiger partial charge is 0.310 e. The number of nitrogens with zero attached hydrogens (tertiary/aromatic N) is 1. The Hall–Kier alpha value is -2.04. The topological polar surface area (TPSA) is 69.6 Å². The predicted molar refractivity (Wildman–Crippen MR) is 72.2 cm³/mol. The molecule has 102 valence electrons. The number of amides is 1. The summed E-state index contributed by atoms with van der Waals surface area (Å²) in [6, 6.07) is 7.90. The molecule has 0 bridgehead atoms. The largest absolute Gasteiger partial charge is 0.481 e. The molecule has 1 heterocycles. The number of nitrogens with one attached hydrogen (secondary N) is 1. The van der Waals surface area contributed by atoms with E-state index in [1.165, 1.54) is 5.56 Å². The number of benzene rings is 1. The van der Waals surface area contributed by atoms with Crippen molar-refractivity contribution in [3.8, 4) is 0 Å². The summed E-state index contributed by atoms with van der Waals surface area (Å²) >= 11 is 0. The minimum atomic E-state index is -0.877. The lowest BCUT2D eigenvalue weighted by Gasteiger charge is -2.23. The van der Waals surface area contributed by atoms with Gasteiger partial charge in [-0.3, -0.25) is 9.59 Å². The highest BCUT2D eigenvalue weighted by Crippen LogP contribution is 2.18. The van der Waals surface area contributed by atoms with Gasteiger partial charge in [-0.2, -0.15) is 0 Å². The molecule has 2 N–H and O–H groups in total. The molecule has 1 aromatic rings. The number of carbonyl (C=O) groups is 2. The van der Waals surface area contributed by atoms with Crippen LogP contribution in [0.1, 0.15) is 12.5 Å². The molecule has 0 radical (unpaired) electrons. The number of carbonyl (C=O) groups excluding carboxylic acids is 1. The Balaban J connectivity index is 2.19. The zero-order valence-corrected chi connectivity index (χ0v) is 10.9. The lowest BCUT2D eigenvalue weighted by Crippen LogP contribution is -2.34. The Bertz CT molecular complexity index is 470. The van der Waals surface area contributed by atoms with Gasteiger partial charge in [-0.15, -0.1) is 0 Å². The van der Waals surface area contributed by atoms with Crippen LogP contribution < -0.4 is 10.2 Å². The molecule has 0 spiro atoms. The molecule has 1 fully saturated rings. The van der Waals surface area contributed by atoms with Gasteiger partial charge >= 0.3 is 5.97 Å². The number of rotatable bonds is 3. The maximum absolute atomic E-state index is 11.6. The SMILES string of the molecule is CCc1ccc(N2CC(=O)NCC(C(=O)O)C2)cc1. The second kappa shape index (κ2) is 5.73. The van der Waals surface area contributed by atoms with Crippen LogP contribution in [0, 0.1) is 5.92 Å². The van der Waals surface area contributed by atoms with E-state index in [1.807, 2.05) is 29.2 Å². The molecular weight excluding hydrogens is 244 g/mol. The van der Waals surface area contributed by atoms with E-state index in [4.69, 9.17) is 5.11 Å². The van der Waals surface area contributed by atoms with Crippen molar-refractivity contribution in [2.75, 3.05) is 24.5 Å². The summed E-state index contributed by atoms with van der Waals surface area (Å²) in [6.07, 6.45) is 0.957. The van der Waals surface area contributed by atoms with Crippen LogP contribution >= 0.6 is 0 Å². The van der Waals surface area contributed by atoms with Crippen LogP contribution in [0.15, 0.2) is 24.3 Å². The van der Waals surface area contributed by atoms with Crippen molar-refractivity contribution < 1.29 is 14.7 Å². The van der Waals surface area contributed by atoms with Gasteiger partial charge in [0.05, 0.1) is 12.5 Å². The van der Waals surface area contributed by atoms with Gasteiger partial charge < -0.3 is 15.3 Å². The van der Waals surface area contributed by atoms with Crippen LogP contribution in [0.25, 0.3) is 0 Å². The molecule has 0 saturated carbocycles. The van der Waals surface area contributed by atoms with Gasteiger partial charge in [-0.05, 0) is 24.1 Å². The molecule has 5 nitrogen and oxygen atoms in total. The van der Waals surface area contributed by atoms with E-state index in [1.54, 1.807) is 0 Å². The van der Waals surface area contributed by atoms with E-state index in [-0.39, 0.29) is 19.0 Å². The summed E-state index contributed by atoms with van der Waals surface area (Å²) in [6.45, 7) is 2.82. The third-order valence-corrected chi connectivity index (χ3v) is 3.38. The molecule has 19 heavy (non-hydrogen) atoms. The molecule has 1 aliphatic heterocycles. The van der Waals surface area contributed by atoms with Crippen molar-refractivity contribution >= 4 is 17.6 Å². The summed E-state index contributed by atoms with van der Waals surface area (Å²) in [5.74, 6) is -1.59. The van der Waals surface area contributed by atoms with Crippen LogP contribution in [-0.2, 0) is 16.0 Å². The molecule has 1 unspecified atom stereocenters. The second-order valence-corrected chi connectivity index (χ2v) is 4.74. The zero-order valence-electron chi connectivity index (χ0n) is 10.9. The average molecular weight is 262 g/mol. The molecule has 0 aliphatic carbocycles. The molecule has 0 aromatic heterocycles. The fourth-order valence-electron chi connectivity index (χ4n) is 2.17. The van der Waals surface area contributed by atoms with E-state index in [9.17, 15) is 9.59 Å². The van der Waals surface area contributed by atoms with Crippen LogP contribution in [0.5, 0.6) is 0 Å². The van der Waals surface area contributed by atoms with Crippen molar-refractivity contribution in [3.05, 3.63) is 29.8 Å². The maximum atomic E-state index is 11.6. The summed E-state index contributed by atoms with van der Waals surface area (Å²) < 4.78 is 0. The molecule has 2 rings (SSSR count). The van der Waals surface area contributed by atoms with E-state index in [2.05, 4.69) is 12.2 Å². The number of hydrogen-bond acceptors (Lipinski definition) is 3. The van der Waals surface area contributed by atoms with Gasteiger partial charge in [0.2, 0.25) is 5.91 Å². The first-order chi connectivity index (χ1) is 9.10. The Labute approximate surface area is 112 Å². The predicted octanol–water partition coefficient (Wildman–Crippen LogP) is 0.886. The number of hydrogen-bond donors (Lipinski definition) is 2. The van der Waals surface area contributed by atoms with Crippen LogP contribution in [0.2, 0.25) is 0 Å². The van der Waals surface area contributed by atoms with Gasteiger partial charge in [0, 0.05) is 18.8 Å². The zero-order chi connectivity index (χ0) is 13.8. The van der Waals surface area contributed by atoms with Gasteiger partial charge in [0.15, 0.2) is 0 Å². The third-order valence-electron chi connectivity index (χ3n) is 3.38. The highest BCUT2D eigenvalue weighted by molar-refractivity contribution is 5.83. The van der Waals surface area contributed by atoms with Gasteiger partial charge in [-0.25, -0.2) is 0 Å². The number of carboxylic acid groups (broad SMARTS) is 1. The average Bonchev–Trinajstić information content (AvgIpc) is 2.61. The molecule has 1 aromatic carbocycles. The summed E-state index contributed by atoms with van der Waals surface area (Å²) in [5, 5.41) is 11.8. The first-order valence-electron chi connectivity index (χ1n) is 6.43. The van der Waals surface area contributed by atoms with Crippen LogP contribution in [-0.4, -0.2) is 36.6 Å². The Morgan fingerprint density at radius 3 is 2.68 bits per heavy atom. The van der Waals surface area contributed by atoms with Crippen molar-refractivity contribution in [3.63, 3.8) is 0 Å². The third kappa shape index (κ3) is 3.24. The minimum Gasteiger partial charge on any atom is -0.481 e. The molecule has 5 heteroatoms. The number of anilines is 1. The normalized spacial score (nSPS) is 19.7. The molecule has 1 aliphatic rings. The first kappa shape index (κ1) is 13.4. The molecular formula is C14H18N2O3.